The first-order valence-corrected chi connectivity index (χ1v) is 12.9. The second kappa shape index (κ2) is 13.2. The number of fused-ring (bicyclic) bond motifs is 1. The summed E-state index contributed by atoms with van der Waals surface area (Å²) in [5.74, 6) is -5.58. The van der Waals surface area contributed by atoms with Crippen molar-refractivity contribution >= 4 is 29.8 Å². The van der Waals surface area contributed by atoms with Gasteiger partial charge >= 0.3 is 23.9 Å². The molecule has 1 aromatic carbocycles. The molecule has 5 atom stereocenters. The number of rotatable bonds is 8. The fraction of sp³-hybridized carbons (Fsp3) is 0.464. The molecule has 2 heterocycles. The van der Waals surface area contributed by atoms with E-state index in [1.54, 1.807) is 45.0 Å². The maximum atomic E-state index is 13.2. The summed E-state index contributed by atoms with van der Waals surface area (Å²) in [4.78, 5) is 63.3. The van der Waals surface area contributed by atoms with Crippen LogP contribution in [0.4, 0.5) is 0 Å². The van der Waals surface area contributed by atoms with Crippen LogP contribution in [0.1, 0.15) is 56.8 Å². The summed E-state index contributed by atoms with van der Waals surface area (Å²) in [6, 6.07) is 5.06. The first-order valence-electron chi connectivity index (χ1n) is 12.9. The highest BCUT2D eigenvalue weighted by Crippen LogP contribution is 2.35. The first kappa shape index (κ1) is 31.0. The lowest BCUT2D eigenvalue weighted by Gasteiger charge is -2.27. The molecular weight excluding hydrogens is 540 g/mol. The third-order valence-corrected chi connectivity index (χ3v) is 6.40. The van der Waals surface area contributed by atoms with Crippen LogP contribution < -0.4 is 11.1 Å². The zero-order valence-corrected chi connectivity index (χ0v) is 23.6. The van der Waals surface area contributed by atoms with Gasteiger partial charge in [-0.25, -0.2) is 9.59 Å². The Morgan fingerprint density at radius 2 is 1.76 bits per heavy atom. The summed E-state index contributed by atoms with van der Waals surface area (Å²) in [6.07, 6.45) is -1.92. The minimum atomic E-state index is -1.47. The summed E-state index contributed by atoms with van der Waals surface area (Å²) in [7, 11) is 1.32. The van der Waals surface area contributed by atoms with Gasteiger partial charge in [-0.1, -0.05) is 32.0 Å². The van der Waals surface area contributed by atoms with Gasteiger partial charge in [0.1, 0.15) is 18.4 Å². The lowest BCUT2D eigenvalue weighted by molar-refractivity contribution is -0.175. The number of amides is 1. The van der Waals surface area contributed by atoms with Crippen LogP contribution in [0.15, 0.2) is 47.6 Å². The second-order valence-electron chi connectivity index (χ2n) is 9.69. The van der Waals surface area contributed by atoms with Gasteiger partial charge in [-0.15, -0.1) is 0 Å². The maximum Gasteiger partial charge on any atom is 0.342 e. The quantitative estimate of drug-likeness (QED) is 0.151. The number of cyclic esters (lactones) is 3. The molecule has 3 N–H and O–H groups in total. The largest absolute Gasteiger partial charge is 0.493 e. The van der Waals surface area contributed by atoms with Crippen molar-refractivity contribution in [2.45, 2.75) is 59.2 Å². The van der Waals surface area contributed by atoms with Gasteiger partial charge in [0.2, 0.25) is 0 Å². The summed E-state index contributed by atoms with van der Waals surface area (Å²) in [5.41, 5.74) is 6.33. The topological polar surface area (TPSA) is 179 Å². The summed E-state index contributed by atoms with van der Waals surface area (Å²) < 4.78 is 32.5. The number of benzene rings is 1. The molecule has 3 rings (SSSR count). The fourth-order valence-electron chi connectivity index (χ4n) is 4.05. The van der Waals surface area contributed by atoms with Crippen LogP contribution in [-0.2, 0) is 47.6 Å². The molecule has 0 radical (unpaired) electrons. The van der Waals surface area contributed by atoms with E-state index in [4.69, 9.17) is 34.2 Å². The highest BCUT2D eigenvalue weighted by atomic mass is 16.7. The molecule has 1 amide bonds. The minimum absolute atomic E-state index is 0.0406. The Morgan fingerprint density at radius 3 is 2.39 bits per heavy atom. The lowest BCUT2D eigenvalue weighted by Crippen LogP contribution is -2.48. The highest BCUT2D eigenvalue weighted by molar-refractivity contribution is 5.96. The predicted molar refractivity (Wildman–Crippen MR) is 140 cm³/mol. The van der Waals surface area contributed by atoms with E-state index in [0.717, 1.165) is 0 Å². The highest BCUT2D eigenvalue weighted by Gasteiger charge is 2.40. The molecule has 1 fully saturated rings. The molecule has 0 aliphatic carbocycles. The van der Waals surface area contributed by atoms with E-state index in [9.17, 15) is 24.0 Å². The Balaban J connectivity index is 1.85. The van der Waals surface area contributed by atoms with Crippen LogP contribution in [0, 0.1) is 11.8 Å². The van der Waals surface area contributed by atoms with E-state index in [1.807, 2.05) is 0 Å². The molecule has 0 saturated carbocycles. The molecule has 1 saturated heterocycles. The van der Waals surface area contributed by atoms with Crippen LogP contribution in [0.2, 0.25) is 0 Å². The van der Waals surface area contributed by atoms with Crippen molar-refractivity contribution in [3.8, 4) is 0 Å². The molecule has 41 heavy (non-hydrogen) atoms. The number of allylic oxidation sites excluding steroid dienone is 1. The number of nitrogens with two attached hydrogens (primary N) is 1. The molecular formula is C28H34N2O11. The van der Waals surface area contributed by atoms with Crippen LogP contribution in [0.5, 0.6) is 0 Å². The van der Waals surface area contributed by atoms with Crippen molar-refractivity contribution in [2.75, 3.05) is 13.7 Å². The van der Waals surface area contributed by atoms with E-state index in [2.05, 4.69) is 5.32 Å². The second-order valence-corrected chi connectivity index (χ2v) is 9.69. The van der Waals surface area contributed by atoms with Crippen LogP contribution in [0.3, 0.4) is 0 Å². The minimum Gasteiger partial charge on any atom is -0.493 e. The van der Waals surface area contributed by atoms with Gasteiger partial charge in [-0.2, -0.15) is 0 Å². The molecule has 2 aliphatic rings. The van der Waals surface area contributed by atoms with Crippen molar-refractivity contribution in [3.05, 3.63) is 58.7 Å². The van der Waals surface area contributed by atoms with Gasteiger partial charge in [0.25, 0.3) is 12.2 Å². The Kier molecular flexibility index (Phi) is 9.98. The Bertz CT molecular complexity index is 1270. The monoisotopic (exact) mass is 574 g/mol. The summed E-state index contributed by atoms with van der Waals surface area (Å²) in [5, 5.41) is 2.38. The number of methoxy groups -OCH3 is 1. The Hall–Kier alpha value is -4.55. The maximum absolute atomic E-state index is 13.2. The van der Waals surface area contributed by atoms with Crippen molar-refractivity contribution in [1.82, 2.24) is 5.32 Å². The van der Waals surface area contributed by atoms with Crippen molar-refractivity contribution in [2.24, 2.45) is 17.6 Å². The molecule has 0 spiro atoms. The molecule has 0 aromatic heterocycles. The van der Waals surface area contributed by atoms with Crippen LogP contribution in [0.25, 0.3) is 0 Å². The average molecular weight is 575 g/mol. The van der Waals surface area contributed by atoms with E-state index in [-0.39, 0.29) is 17.1 Å². The number of hydrogen-bond donors (Lipinski definition) is 2. The van der Waals surface area contributed by atoms with Gasteiger partial charge in [-0.3, -0.25) is 14.4 Å². The van der Waals surface area contributed by atoms with Gasteiger partial charge in [0.05, 0.1) is 24.5 Å². The van der Waals surface area contributed by atoms with E-state index in [0.29, 0.717) is 5.56 Å². The smallest absolute Gasteiger partial charge is 0.342 e. The van der Waals surface area contributed by atoms with E-state index >= 15 is 0 Å². The number of hydrogen-bond acceptors (Lipinski definition) is 12. The van der Waals surface area contributed by atoms with E-state index in [1.165, 1.54) is 27.0 Å². The molecule has 0 bridgehead atoms. The van der Waals surface area contributed by atoms with Gasteiger partial charge in [0, 0.05) is 5.56 Å². The predicted octanol–water partition coefficient (Wildman–Crippen LogP) is 1.77. The summed E-state index contributed by atoms with van der Waals surface area (Å²) >= 11 is 0. The van der Waals surface area contributed by atoms with Crippen molar-refractivity contribution < 1.29 is 52.4 Å². The molecule has 13 nitrogen and oxygen atoms in total. The number of ether oxygens (including phenoxy) is 6. The number of carbonyl (C=O) groups excluding carboxylic acids is 5. The van der Waals surface area contributed by atoms with Gasteiger partial charge < -0.3 is 39.5 Å². The number of esters is 4. The summed E-state index contributed by atoms with van der Waals surface area (Å²) in [6.45, 7) is 7.20. The van der Waals surface area contributed by atoms with Crippen molar-refractivity contribution in [1.29, 1.82) is 0 Å². The van der Waals surface area contributed by atoms with Crippen LogP contribution in [-0.4, -0.2) is 61.8 Å². The lowest BCUT2D eigenvalue weighted by atomic mass is 10.00. The SMILES string of the molecule is C/C=C(OC)\C(OC1OC(=O)c2ccccc21)=C(/N)C(=O)N[C@H]1COC(=O)[C@H](C)[C@@H](OC(=O)C(C)C)[C@H](C)OC1=O. The third kappa shape index (κ3) is 6.97. The average Bonchev–Trinajstić information content (AvgIpc) is 3.27. The van der Waals surface area contributed by atoms with Gasteiger partial charge in [-0.05, 0) is 32.9 Å². The molecule has 222 valence electrons. The van der Waals surface area contributed by atoms with Gasteiger partial charge in [0.15, 0.2) is 23.7 Å². The molecule has 1 aromatic rings. The molecule has 13 heteroatoms. The number of carbonyl (C=O) groups is 5. The number of nitrogens with one attached hydrogen (secondary N) is 1. The molecule has 1 unspecified atom stereocenters. The zero-order valence-electron chi connectivity index (χ0n) is 23.6. The first-order chi connectivity index (χ1) is 19.4. The molecule has 2 aliphatic heterocycles. The van der Waals surface area contributed by atoms with Crippen molar-refractivity contribution in [3.63, 3.8) is 0 Å². The fourth-order valence-corrected chi connectivity index (χ4v) is 4.05. The third-order valence-electron chi connectivity index (χ3n) is 6.40. The van der Waals surface area contributed by atoms with Crippen LogP contribution >= 0.6 is 0 Å². The standard InChI is InChI=1S/C28H34N2O11/c1-7-19(36-6)22(40-28-17-11-9-8-10-16(17)26(34)41-28)20(29)23(31)30-18-12-37-25(33)14(4)21(15(5)38-27(18)35)39-24(32)13(2)3/h7-11,13-15,18,21,28H,12,29H2,1-6H3,(H,30,31)/b19-7+,22-20+/t14-,15+,18+,21-,28?/m1/s1. The normalized spacial score (nSPS) is 25.3. The Morgan fingerprint density at radius 1 is 1.07 bits per heavy atom. The van der Waals surface area contributed by atoms with E-state index < -0.39 is 78.5 Å². The Labute approximate surface area is 236 Å². The zero-order chi connectivity index (χ0) is 30.4.